The topological polar surface area (TPSA) is 52.5 Å². The van der Waals surface area contributed by atoms with Gasteiger partial charge in [-0.3, -0.25) is 0 Å². The summed E-state index contributed by atoms with van der Waals surface area (Å²) in [6, 6.07) is 0.435. The van der Waals surface area contributed by atoms with Crippen molar-refractivity contribution in [3.05, 3.63) is 0 Å². The van der Waals surface area contributed by atoms with Crippen LogP contribution in [0, 0.1) is 5.41 Å². The van der Waals surface area contributed by atoms with Crippen LogP contribution < -0.4 is 5.32 Å². The Morgan fingerprint density at radius 2 is 2.07 bits per heavy atom. The molecule has 84 valence electrons. The van der Waals surface area contributed by atoms with Crippen molar-refractivity contribution in [2.24, 2.45) is 5.41 Å². The number of hydrogen-bond acceptors (Lipinski definition) is 3. The van der Waals surface area contributed by atoms with E-state index in [2.05, 4.69) is 5.32 Å². The average molecular weight is 201 g/mol. The maximum absolute atomic E-state index is 9.48. The van der Waals surface area contributed by atoms with Gasteiger partial charge >= 0.3 is 0 Å². The van der Waals surface area contributed by atoms with Gasteiger partial charge in [-0.25, -0.2) is 0 Å². The van der Waals surface area contributed by atoms with Gasteiger partial charge in [0.15, 0.2) is 0 Å². The Morgan fingerprint density at radius 1 is 1.36 bits per heavy atom. The van der Waals surface area contributed by atoms with Crippen LogP contribution in [-0.2, 0) is 0 Å². The van der Waals surface area contributed by atoms with Crippen LogP contribution in [0.1, 0.15) is 39.5 Å². The quantitative estimate of drug-likeness (QED) is 0.633. The Balaban J connectivity index is 2.23. The highest BCUT2D eigenvalue weighted by atomic mass is 16.3. The molecule has 3 heteroatoms. The Morgan fingerprint density at radius 3 is 2.64 bits per heavy atom. The summed E-state index contributed by atoms with van der Waals surface area (Å²) in [6.45, 7) is 5.11. The molecular weight excluding hydrogens is 178 g/mol. The molecule has 0 saturated heterocycles. The molecule has 3 N–H and O–H groups in total. The molecular formula is C11H23NO2. The van der Waals surface area contributed by atoms with E-state index in [0.29, 0.717) is 6.04 Å². The zero-order chi connectivity index (χ0) is 10.6. The van der Waals surface area contributed by atoms with E-state index in [9.17, 15) is 5.11 Å². The molecule has 0 radical (unpaired) electrons. The zero-order valence-electron chi connectivity index (χ0n) is 9.29. The monoisotopic (exact) mass is 201 g/mol. The van der Waals surface area contributed by atoms with Gasteiger partial charge in [0.1, 0.15) is 0 Å². The van der Waals surface area contributed by atoms with Crippen molar-refractivity contribution >= 4 is 0 Å². The predicted molar refractivity (Wildman–Crippen MR) is 57.1 cm³/mol. The Hall–Kier alpha value is -0.120. The van der Waals surface area contributed by atoms with Crippen molar-refractivity contribution in [2.45, 2.75) is 51.7 Å². The molecule has 14 heavy (non-hydrogen) atoms. The number of hydrogen-bond donors (Lipinski definition) is 3. The van der Waals surface area contributed by atoms with Crippen LogP contribution >= 0.6 is 0 Å². The maximum Gasteiger partial charge on any atom is 0.0555 e. The molecule has 0 aromatic carbocycles. The molecule has 1 aliphatic rings. The number of nitrogens with one attached hydrogen (secondary N) is 1. The van der Waals surface area contributed by atoms with E-state index in [1.165, 1.54) is 0 Å². The van der Waals surface area contributed by atoms with E-state index >= 15 is 0 Å². The van der Waals surface area contributed by atoms with E-state index in [0.717, 1.165) is 32.2 Å². The van der Waals surface area contributed by atoms with Crippen molar-refractivity contribution in [3.8, 4) is 0 Å². The molecule has 1 fully saturated rings. The third-order valence-electron chi connectivity index (χ3n) is 2.94. The van der Waals surface area contributed by atoms with Gasteiger partial charge in [0.2, 0.25) is 0 Å². The van der Waals surface area contributed by atoms with Crippen LogP contribution in [0.5, 0.6) is 0 Å². The summed E-state index contributed by atoms with van der Waals surface area (Å²) in [5.41, 5.74) is -0.0532. The maximum atomic E-state index is 9.48. The third kappa shape index (κ3) is 3.95. The van der Waals surface area contributed by atoms with Gasteiger partial charge in [0.05, 0.1) is 6.10 Å². The van der Waals surface area contributed by atoms with Crippen molar-refractivity contribution in [2.75, 3.05) is 13.2 Å². The van der Waals surface area contributed by atoms with Gasteiger partial charge in [0.25, 0.3) is 0 Å². The van der Waals surface area contributed by atoms with Gasteiger partial charge in [-0.2, -0.15) is 0 Å². The van der Waals surface area contributed by atoms with E-state index in [-0.39, 0.29) is 18.1 Å². The molecule has 3 nitrogen and oxygen atoms in total. The molecule has 0 heterocycles. The lowest BCUT2D eigenvalue weighted by molar-refractivity contribution is 0.101. The van der Waals surface area contributed by atoms with E-state index in [1.54, 1.807) is 0 Å². The molecule has 2 unspecified atom stereocenters. The first kappa shape index (κ1) is 12.0. The van der Waals surface area contributed by atoms with E-state index in [4.69, 9.17) is 5.11 Å². The summed E-state index contributed by atoms with van der Waals surface area (Å²) in [4.78, 5) is 0. The predicted octanol–water partition coefficient (Wildman–Crippen LogP) is 0.898. The minimum absolute atomic E-state index is 0.0532. The first-order valence-corrected chi connectivity index (χ1v) is 5.56. The number of rotatable bonds is 4. The second-order valence-electron chi connectivity index (χ2n) is 5.22. The highest BCUT2D eigenvalue weighted by Gasteiger charge is 2.22. The van der Waals surface area contributed by atoms with E-state index < -0.39 is 0 Å². The molecule has 0 bridgehead atoms. The third-order valence-corrected chi connectivity index (χ3v) is 2.94. The lowest BCUT2D eigenvalue weighted by atomic mass is 9.90. The summed E-state index contributed by atoms with van der Waals surface area (Å²) in [6.07, 6.45) is 3.94. The molecule has 0 aliphatic heterocycles. The minimum atomic E-state index is -0.126. The van der Waals surface area contributed by atoms with Crippen molar-refractivity contribution in [3.63, 3.8) is 0 Å². The van der Waals surface area contributed by atoms with Gasteiger partial charge < -0.3 is 15.5 Å². The van der Waals surface area contributed by atoms with Crippen LogP contribution in [0.3, 0.4) is 0 Å². The minimum Gasteiger partial charge on any atom is -0.396 e. The second kappa shape index (κ2) is 5.10. The largest absolute Gasteiger partial charge is 0.396 e. The highest BCUT2D eigenvalue weighted by Crippen LogP contribution is 2.20. The Kier molecular flexibility index (Phi) is 4.35. The number of aliphatic hydroxyl groups excluding tert-OH is 2. The van der Waals surface area contributed by atoms with Crippen LogP contribution in [0.2, 0.25) is 0 Å². The van der Waals surface area contributed by atoms with Gasteiger partial charge in [0, 0.05) is 24.6 Å². The zero-order valence-corrected chi connectivity index (χ0v) is 9.29. The molecule has 0 amide bonds. The van der Waals surface area contributed by atoms with Crippen LogP contribution in [0.25, 0.3) is 0 Å². The second-order valence-corrected chi connectivity index (χ2v) is 5.22. The summed E-state index contributed by atoms with van der Waals surface area (Å²) < 4.78 is 0. The lowest BCUT2D eigenvalue weighted by Crippen LogP contribution is -2.42. The SMILES string of the molecule is CC(C)(CO)CNC1CCCC(O)C1. The summed E-state index contributed by atoms with van der Waals surface area (Å²) in [5.74, 6) is 0. The smallest absolute Gasteiger partial charge is 0.0555 e. The molecule has 2 atom stereocenters. The van der Waals surface area contributed by atoms with Gasteiger partial charge in [-0.05, 0) is 25.7 Å². The standard InChI is InChI=1S/C11H23NO2/c1-11(2,8-13)7-12-9-4-3-5-10(14)6-9/h9-10,12-14H,3-8H2,1-2H3. The summed E-state index contributed by atoms with van der Waals surface area (Å²) >= 11 is 0. The summed E-state index contributed by atoms with van der Waals surface area (Å²) in [7, 11) is 0. The molecule has 1 saturated carbocycles. The highest BCUT2D eigenvalue weighted by molar-refractivity contribution is 4.80. The average Bonchev–Trinajstić information content (AvgIpc) is 2.15. The summed E-state index contributed by atoms with van der Waals surface area (Å²) in [5, 5.41) is 22.0. The van der Waals surface area contributed by atoms with Crippen molar-refractivity contribution in [1.29, 1.82) is 0 Å². The molecule has 0 aromatic heterocycles. The Labute approximate surface area is 86.5 Å². The van der Waals surface area contributed by atoms with Gasteiger partial charge in [-0.1, -0.05) is 13.8 Å². The first-order valence-electron chi connectivity index (χ1n) is 5.56. The molecule has 0 spiro atoms. The van der Waals surface area contributed by atoms with Crippen LogP contribution in [0.4, 0.5) is 0 Å². The fourth-order valence-electron chi connectivity index (χ4n) is 1.83. The fraction of sp³-hybridized carbons (Fsp3) is 1.00. The van der Waals surface area contributed by atoms with Crippen LogP contribution in [0.15, 0.2) is 0 Å². The molecule has 1 rings (SSSR count). The van der Waals surface area contributed by atoms with Crippen molar-refractivity contribution < 1.29 is 10.2 Å². The lowest BCUT2D eigenvalue weighted by Gasteiger charge is -2.30. The number of aliphatic hydroxyl groups is 2. The van der Waals surface area contributed by atoms with Crippen molar-refractivity contribution in [1.82, 2.24) is 5.32 Å². The van der Waals surface area contributed by atoms with Crippen LogP contribution in [-0.4, -0.2) is 35.5 Å². The Bertz CT molecular complexity index is 171. The molecule has 1 aliphatic carbocycles. The van der Waals surface area contributed by atoms with E-state index in [1.807, 2.05) is 13.8 Å². The van der Waals surface area contributed by atoms with Gasteiger partial charge in [-0.15, -0.1) is 0 Å². The molecule has 0 aromatic rings. The first-order chi connectivity index (χ1) is 6.53. The fourth-order valence-corrected chi connectivity index (χ4v) is 1.83. The normalized spacial score (nSPS) is 29.1.